The van der Waals surface area contributed by atoms with Crippen LogP contribution in [0.25, 0.3) is 11.3 Å². The van der Waals surface area contributed by atoms with E-state index in [1.54, 1.807) is 6.07 Å². The van der Waals surface area contributed by atoms with Gasteiger partial charge in [-0.2, -0.15) is 0 Å². The molecule has 2 aromatic rings. The van der Waals surface area contributed by atoms with E-state index in [9.17, 15) is 4.79 Å². The average molecular weight is 244 g/mol. The van der Waals surface area contributed by atoms with Crippen molar-refractivity contribution in [3.8, 4) is 11.3 Å². The van der Waals surface area contributed by atoms with Crippen molar-refractivity contribution in [2.45, 2.75) is 19.8 Å². The van der Waals surface area contributed by atoms with Crippen LogP contribution in [0.5, 0.6) is 0 Å². The summed E-state index contributed by atoms with van der Waals surface area (Å²) in [4.78, 5) is 13.8. The fourth-order valence-corrected chi connectivity index (χ4v) is 1.85. The van der Waals surface area contributed by atoms with Crippen LogP contribution in [0.4, 0.5) is 5.82 Å². The second kappa shape index (κ2) is 4.56. The number of carboxylic acid groups (broad SMARTS) is 1. The summed E-state index contributed by atoms with van der Waals surface area (Å²) >= 11 is 0. The average Bonchev–Trinajstić information content (AvgIpc) is 2.71. The molecule has 0 unspecified atom stereocenters. The predicted octanol–water partition coefficient (Wildman–Crippen LogP) is 3.09. The van der Waals surface area contributed by atoms with Crippen molar-refractivity contribution in [2.75, 3.05) is 5.73 Å². The molecule has 18 heavy (non-hydrogen) atoms. The molecular formula is C14H16N2O2. The normalized spacial score (nSPS) is 10.8. The minimum Gasteiger partial charge on any atom is -0.478 e. The SMILES string of the molecule is CC(C)c1ccc(-c2cc(C(=O)O)c(N)[nH]2)cc1. The molecular weight excluding hydrogens is 228 g/mol. The summed E-state index contributed by atoms with van der Waals surface area (Å²) in [5, 5.41) is 8.94. The van der Waals surface area contributed by atoms with Gasteiger partial charge in [0, 0.05) is 5.69 Å². The smallest absolute Gasteiger partial charge is 0.339 e. The molecule has 0 aliphatic carbocycles. The third-order valence-corrected chi connectivity index (χ3v) is 2.97. The van der Waals surface area contributed by atoms with E-state index in [2.05, 4.69) is 18.8 Å². The fourth-order valence-electron chi connectivity index (χ4n) is 1.85. The highest BCUT2D eigenvalue weighted by Crippen LogP contribution is 2.25. The summed E-state index contributed by atoms with van der Waals surface area (Å²) in [6, 6.07) is 9.56. The van der Waals surface area contributed by atoms with Crippen molar-refractivity contribution >= 4 is 11.8 Å². The summed E-state index contributed by atoms with van der Waals surface area (Å²) < 4.78 is 0. The van der Waals surface area contributed by atoms with Crippen LogP contribution >= 0.6 is 0 Å². The van der Waals surface area contributed by atoms with Gasteiger partial charge in [0.25, 0.3) is 0 Å². The number of nitrogens with two attached hydrogens (primary N) is 1. The number of anilines is 1. The van der Waals surface area contributed by atoms with Gasteiger partial charge >= 0.3 is 5.97 Å². The van der Waals surface area contributed by atoms with E-state index in [-0.39, 0.29) is 11.4 Å². The lowest BCUT2D eigenvalue weighted by Gasteiger charge is -2.05. The number of nitrogen functional groups attached to an aromatic ring is 1. The Balaban J connectivity index is 2.37. The van der Waals surface area contributed by atoms with Gasteiger partial charge in [0.05, 0.1) is 0 Å². The van der Waals surface area contributed by atoms with Gasteiger partial charge in [-0.25, -0.2) is 4.79 Å². The van der Waals surface area contributed by atoms with Gasteiger partial charge in [0.1, 0.15) is 11.4 Å². The number of rotatable bonds is 3. The summed E-state index contributed by atoms with van der Waals surface area (Å²) in [5.74, 6) is -0.360. The Labute approximate surface area is 105 Å². The van der Waals surface area contributed by atoms with E-state index in [1.807, 2.05) is 24.3 Å². The van der Waals surface area contributed by atoms with E-state index in [4.69, 9.17) is 10.8 Å². The molecule has 0 saturated carbocycles. The Morgan fingerprint density at radius 1 is 1.28 bits per heavy atom. The number of benzene rings is 1. The molecule has 0 saturated heterocycles. The predicted molar refractivity (Wildman–Crippen MR) is 71.7 cm³/mol. The third-order valence-electron chi connectivity index (χ3n) is 2.97. The van der Waals surface area contributed by atoms with Gasteiger partial charge < -0.3 is 15.8 Å². The standard InChI is InChI=1S/C14H16N2O2/c1-8(2)9-3-5-10(6-4-9)12-7-11(14(17)18)13(15)16-12/h3-8,16H,15H2,1-2H3,(H,17,18). The first-order chi connectivity index (χ1) is 8.49. The molecule has 0 bridgehead atoms. The van der Waals surface area contributed by atoms with E-state index in [0.717, 1.165) is 11.3 Å². The second-order valence-corrected chi connectivity index (χ2v) is 4.59. The maximum atomic E-state index is 10.9. The zero-order valence-corrected chi connectivity index (χ0v) is 10.4. The molecule has 0 atom stereocenters. The molecule has 1 heterocycles. The largest absolute Gasteiger partial charge is 0.478 e. The molecule has 1 aromatic heterocycles. The first-order valence-corrected chi connectivity index (χ1v) is 5.81. The van der Waals surface area contributed by atoms with E-state index < -0.39 is 5.97 Å². The molecule has 0 aliphatic heterocycles. The van der Waals surface area contributed by atoms with Crippen molar-refractivity contribution in [3.63, 3.8) is 0 Å². The Kier molecular flexibility index (Phi) is 3.10. The number of carboxylic acids is 1. The number of aromatic nitrogens is 1. The zero-order valence-electron chi connectivity index (χ0n) is 10.4. The van der Waals surface area contributed by atoms with Crippen LogP contribution in [-0.4, -0.2) is 16.1 Å². The van der Waals surface area contributed by atoms with Crippen molar-refractivity contribution in [3.05, 3.63) is 41.5 Å². The summed E-state index contributed by atoms with van der Waals surface area (Å²) in [7, 11) is 0. The van der Waals surface area contributed by atoms with Crippen molar-refractivity contribution in [1.29, 1.82) is 0 Å². The summed E-state index contributed by atoms with van der Waals surface area (Å²) in [5.41, 5.74) is 8.63. The Morgan fingerprint density at radius 2 is 1.89 bits per heavy atom. The van der Waals surface area contributed by atoms with E-state index in [1.165, 1.54) is 5.56 Å². The maximum absolute atomic E-state index is 10.9. The van der Waals surface area contributed by atoms with Gasteiger partial charge in [-0.05, 0) is 23.1 Å². The van der Waals surface area contributed by atoms with E-state index >= 15 is 0 Å². The quantitative estimate of drug-likeness (QED) is 0.776. The lowest BCUT2D eigenvalue weighted by atomic mass is 10.0. The lowest BCUT2D eigenvalue weighted by molar-refractivity contribution is 0.0698. The molecule has 0 radical (unpaired) electrons. The Morgan fingerprint density at radius 3 is 2.33 bits per heavy atom. The highest BCUT2D eigenvalue weighted by molar-refractivity contribution is 5.94. The fraction of sp³-hybridized carbons (Fsp3) is 0.214. The number of H-pyrrole nitrogens is 1. The molecule has 0 spiro atoms. The van der Waals surface area contributed by atoms with Crippen LogP contribution < -0.4 is 5.73 Å². The first-order valence-electron chi connectivity index (χ1n) is 5.81. The monoisotopic (exact) mass is 244 g/mol. The molecule has 0 fully saturated rings. The van der Waals surface area contributed by atoms with Crippen LogP contribution in [0.1, 0.15) is 35.7 Å². The second-order valence-electron chi connectivity index (χ2n) is 4.59. The number of hydrogen-bond acceptors (Lipinski definition) is 2. The van der Waals surface area contributed by atoms with Crippen LogP contribution in [-0.2, 0) is 0 Å². The van der Waals surface area contributed by atoms with Gasteiger partial charge in [0.2, 0.25) is 0 Å². The Hall–Kier alpha value is -2.23. The number of aromatic carboxylic acids is 1. The van der Waals surface area contributed by atoms with Crippen molar-refractivity contribution in [2.24, 2.45) is 0 Å². The van der Waals surface area contributed by atoms with Gasteiger partial charge in [0.15, 0.2) is 0 Å². The molecule has 4 nitrogen and oxygen atoms in total. The number of carbonyl (C=O) groups is 1. The first kappa shape index (κ1) is 12.2. The van der Waals surface area contributed by atoms with Gasteiger partial charge in [-0.15, -0.1) is 0 Å². The van der Waals surface area contributed by atoms with Crippen molar-refractivity contribution in [1.82, 2.24) is 4.98 Å². The van der Waals surface area contributed by atoms with Crippen molar-refractivity contribution < 1.29 is 9.90 Å². The van der Waals surface area contributed by atoms with Crippen LogP contribution in [0.15, 0.2) is 30.3 Å². The molecule has 94 valence electrons. The molecule has 0 amide bonds. The van der Waals surface area contributed by atoms with Gasteiger partial charge in [-0.1, -0.05) is 38.1 Å². The number of aromatic amines is 1. The zero-order chi connectivity index (χ0) is 13.3. The van der Waals surface area contributed by atoms with E-state index in [0.29, 0.717) is 5.92 Å². The lowest BCUT2D eigenvalue weighted by Crippen LogP contribution is -1.98. The Bertz CT molecular complexity index is 568. The summed E-state index contributed by atoms with van der Waals surface area (Å²) in [6.07, 6.45) is 0. The minimum atomic E-state index is -1.02. The minimum absolute atomic E-state index is 0.109. The number of nitrogens with one attached hydrogen (secondary N) is 1. The molecule has 4 N–H and O–H groups in total. The molecule has 4 heteroatoms. The van der Waals surface area contributed by atoms with Crippen LogP contribution in [0, 0.1) is 0 Å². The highest BCUT2D eigenvalue weighted by atomic mass is 16.4. The molecule has 1 aromatic carbocycles. The van der Waals surface area contributed by atoms with Crippen LogP contribution in [0.2, 0.25) is 0 Å². The maximum Gasteiger partial charge on any atom is 0.339 e. The highest BCUT2D eigenvalue weighted by Gasteiger charge is 2.13. The van der Waals surface area contributed by atoms with Crippen LogP contribution in [0.3, 0.4) is 0 Å². The number of hydrogen-bond donors (Lipinski definition) is 3. The molecule has 0 aliphatic rings. The third kappa shape index (κ3) is 2.22. The molecule has 2 rings (SSSR count). The summed E-state index contributed by atoms with van der Waals surface area (Å²) in [6.45, 7) is 4.26. The van der Waals surface area contributed by atoms with Gasteiger partial charge in [-0.3, -0.25) is 0 Å². The topological polar surface area (TPSA) is 79.1 Å².